The highest BCUT2D eigenvalue weighted by Gasteiger charge is 2.30. The molecule has 0 bridgehead atoms. The van der Waals surface area contributed by atoms with Gasteiger partial charge in [-0.15, -0.1) is 0 Å². The van der Waals surface area contributed by atoms with Crippen molar-refractivity contribution in [2.75, 3.05) is 0 Å². The minimum absolute atomic E-state index is 1.27. The summed E-state index contributed by atoms with van der Waals surface area (Å²) in [5, 5.41) is 4.32. The number of rotatable bonds is 6. The van der Waals surface area contributed by atoms with E-state index < -0.39 is 8.07 Å². The first-order chi connectivity index (χ1) is 15.4. The SMILES string of the molecule is CC[Si](CC)(CC)c1ccc2c(-c3cc(-c4ccccc4)cc(C)c3C)[n+](C)ccc2c1. The molecule has 0 spiro atoms. The van der Waals surface area contributed by atoms with Gasteiger partial charge in [0.2, 0.25) is 5.69 Å². The summed E-state index contributed by atoms with van der Waals surface area (Å²) in [6, 6.07) is 29.0. The molecule has 0 saturated heterocycles. The van der Waals surface area contributed by atoms with Crippen molar-refractivity contribution in [1.82, 2.24) is 0 Å². The average molecular weight is 439 g/mol. The molecule has 0 N–H and O–H groups in total. The summed E-state index contributed by atoms with van der Waals surface area (Å²) in [5.41, 5.74) is 7.89. The summed E-state index contributed by atoms with van der Waals surface area (Å²) in [5.74, 6) is 0. The predicted molar refractivity (Wildman–Crippen MR) is 142 cm³/mol. The van der Waals surface area contributed by atoms with Crippen LogP contribution in [-0.4, -0.2) is 8.07 Å². The second-order valence-corrected chi connectivity index (χ2v) is 14.5. The zero-order valence-corrected chi connectivity index (χ0v) is 21.5. The van der Waals surface area contributed by atoms with Gasteiger partial charge in [-0.3, -0.25) is 0 Å². The second-order valence-electron chi connectivity index (χ2n) is 9.25. The molecule has 3 aromatic carbocycles. The molecule has 0 aliphatic carbocycles. The number of benzene rings is 3. The maximum absolute atomic E-state index is 2.50. The van der Waals surface area contributed by atoms with Crippen LogP contribution in [0.2, 0.25) is 18.1 Å². The number of aromatic nitrogens is 1. The first-order valence-corrected chi connectivity index (χ1v) is 14.7. The Bertz CT molecular complexity index is 1240. The van der Waals surface area contributed by atoms with Gasteiger partial charge in [0.05, 0.1) is 19.0 Å². The first-order valence-electron chi connectivity index (χ1n) is 12.0. The molecule has 32 heavy (non-hydrogen) atoms. The molecule has 4 aromatic rings. The van der Waals surface area contributed by atoms with Crippen LogP contribution in [0, 0.1) is 13.8 Å². The lowest BCUT2D eigenvalue weighted by molar-refractivity contribution is -0.659. The van der Waals surface area contributed by atoms with E-state index in [0.29, 0.717) is 0 Å². The smallest absolute Gasteiger partial charge is 0.200 e. The van der Waals surface area contributed by atoms with Crippen LogP contribution in [0.3, 0.4) is 0 Å². The molecule has 0 amide bonds. The molecule has 164 valence electrons. The zero-order valence-electron chi connectivity index (χ0n) is 20.5. The van der Waals surface area contributed by atoms with E-state index in [9.17, 15) is 0 Å². The molecular formula is C30H36NSi+. The number of aryl methyl sites for hydroxylation is 2. The van der Waals surface area contributed by atoms with Crippen LogP contribution in [0.1, 0.15) is 31.9 Å². The normalized spacial score (nSPS) is 11.8. The van der Waals surface area contributed by atoms with E-state index in [0.717, 1.165) is 0 Å². The van der Waals surface area contributed by atoms with E-state index in [1.807, 2.05) is 0 Å². The van der Waals surface area contributed by atoms with Crippen molar-refractivity contribution < 1.29 is 4.57 Å². The van der Waals surface area contributed by atoms with Gasteiger partial charge in [-0.05, 0) is 53.6 Å². The minimum Gasteiger partial charge on any atom is -0.200 e. The van der Waals surface area contributed by atoms with E-state index in [1.54, 1.807) is 5.19 Å². The van der Waals surface area contributed by atoms with Gasteiger partial charge in [0, 0.05) is 6.07 Å². The third kappa shape index (κ3) is 3.82. The quantitative estimate of drug-likeness (QED) is 0.219. The van der Waals surface area contributed by atoms with Gasteiger partial charge in [0.25, 0.3) is 0 Å². The molecule has 0 aliphatic heterocycles. The highest BCUT2D eigenvalue weighted by Crippen LogP contribution is 2.34. The summed E-state index contributed by atoms with van der Waals surface area (Å²) in [7, 11) is 0.776. The van der Waals surface area contributed by atoms with Crippen LogP contribution in [0.25, 0.3) is 33.2 Å². The maximum Gasteiger partial charge on any atom is 0.220 e. The van der Waals surface area contributed by atoms with Gasteiger partial charge in [0.15, 0.2) is 6.20 Å². The molecule has 2 heteroatoms. The van der Waals surface area contributed by atoms with E-state index in [1.165, 1.54) is 62.4 Å². The lowest BCUT2D eigenvalue weighted by atomic mass is 9.92. The largest absolute Gasteiger partial charge is 0.220 e. The van der Waals surface area contributed by atoms with Crippen LogP contribution >= 0.6 is 0 Å². The monoisotopic (exact) mass is 438 g/mol. The van der Waals surface area contributed by atoms with Crippen molar-refractivity contribution in [3.63, 3.8) is 0 Å². The Morgan fingerprint density at radius 2 is 1.44 bits per heavy atom. The number of fused-ring (bicyclic) bond motifs is 1. The summed E-state index contributed by atoms with van der Waals surface area (Å²) >= 11 is 0. The van der Waals surface area contributed by atoms with Crippen LogP contribution in [0.5, 0.6) is 0 Å². The van der Waals surface area contributed by atoms with E-state index in [-0.39, 0.29) is 0 Å². The fourth-order valence-electron chi connectivity index (χ4n) is 5.30. The predicted octanol–water partition coefficient (Wildman–Crippen LogP) is 7.33. The highest BCUT2D eigenvalue weighted by molar-refractivity contribution is 6.91. The third-order valence-corrected chi connectivity index (χ3v) is 13.4. The molecule has 0 atom stereocenters. The summed E-state index contributed by atoms with van der Waals surface area (Å²) in [6.07, 6.45) is 2.23. The molecule has 1 heterocycles. The Balaban J connectivity index is 1.96. The lowest BCUT2D eigenvalue weighted by Crippen LogP contribution is -2.45. The molecule has 4 rings (SSSR count). The summed E-state index contributed by atoms with van der Waals surface area (Å²) in [4.78, 5) is 0. The molecule has 1 nitrogen and oxygen atoms in total. The van der Waals surface area contributed by atoms with Gasteiger partial charge < -0.3 is 0 Å². The molecular weight excluding hydrogens is 402 g/mol. The van der Waals surface area contributed by atoms with Crippen LogP contribution in [-0.2, 0) is 7.05 Å². The second kappa shape index (κ2) is 9.03. The fourth-order valence-corrected chi connectivity index (χ4v) is 8.93. The van der Waals surface area contributed by atoms with Gasteiger partial charge in [0.1, 0.15) is 7.05 Å². The van der Waals surface area contributed by atoms with Gasteiger partial charge in [-0.25, -0.2) is 4.57 Å². The van der Waals surface area contributed by atoms with Gasteiger partial charge in [-0.2, -0.15) is 0 Å². The standard InChI is InChI=1S/C30H36NSi/c1-7-32(8-2,9-3)27-15-16-28-25(20-27)17-18-31(6)30(28)29-21-26(19-22(4)23(29)5)24-13-11-10-12-14-24/h10-21H,7-9H2,1-6H3/q+1. The number of nitrogens with zero attached hydrogens (tertiary/aromatic N) is 1. The number of hydrogen-bond donors (Lipinski definition) is 0. The molecule has 0 radical (unpaired) electrons. The zero-order chi connectivity index (χ0) is 22.9. The summed E-state index contributed by atoms with van der Waals surface area (Å²) in [6.45, 7) is 11.7. The van der Waals surface area contributed by atoms with Crippen molar-refractivity contribution in [3.05, 3.63) is 84.1 Å². The van der Waals surface area contributed by atoms with Crippen molar-refractivity contribution >= 4 is 24.0 Å². The molecule has 0 unspecified atom stereocenters. The highest BCUT2D eigenvalue weighted by atomic mass is 28.3. The van der Waals surface area contributed by atoms with Crippen molar-refractivity contribution in [3.8, 4) is 22.4 Å². The topological polar surface area (TPSA) is 3.88 Å². The van der Waals surface area contributed by atoms with Gasteiger partial charge >= 0.3 is 0 Å². The fraction of sp³-hybridized carbons (Fsp3) is 0.300. The number of pyridine rings is 1. The van der Waals surface area contributed by atoms with Crippen molar-refractivity contribution in [2.45, 2.75) is 52.8 Å². The van der Waals surface area contributed by atoms with E-state index >= 15 is 0 Å². The lowest BCUT2D eigenvalue weighted by Gasteiger charge is -2.29. The van der Waals surface area contributed by atoms with Crippen LogP contribution in [0.4, 0.5) is 0 Å². The van der Waals surface area contributed by atoms with Gasteiger partial charge in [-0.1, -0.05) is 92.6 Å². The molecule has 0 aliphatic rings. The Morgan fingerprint density at radius 1 is 0.750 bits per heavy atom. The van der Waals surface area contributed by atoms with E-state index in [4.69, 9.17) is 0 Å². The average Bonchev–Trinajstić information content (AvgIpc) is 2.83. The molecule has 0 saturated carbocycles. The Kier molecular flexibility index (Phi) is 6.35. The first kappa shape index (κ1) is 22.5. The Hall–Kier alpha value is -2.71. The summed E-state index contributed by atoms with van der Waals surface area (Å²) < 4.78 is 2.29. The van der Waals surface area contributed by atoms with Crippen LogP contribution < -0.4 is 9.75 Å². The van der Waals surface area contributed by atoms with Crippen LogP contribution in [0.15, 0.2) is 72.9 Å². The Labute approximate surface area is 194 Å². The van der Waals surface area contributed by atoms with Crippen molar-refractivity contribution in [1.29, 1.82) is 0 Å². The maximum atomic E-state index is 2.50. The van der Waals surface area contributed by atoms with E-state index in [2.05, 4.69) is 119 Å². The Morgan fingerprint density at radius 3 is 2.09 bits per heavy atom. The number of hydrogen-bond acceptors (Lipinski definition) is 0. The molecule has 1 aromatic heterocycles. The van der Waals surface area contributed by atoms with Crippen molar-refractivity contribution in [2.24, 2.45) is 7.05 Å². The minimum atomic E-state index is -1.40. The third-order valence-electron chi connectivity index (χ3n) is 7.81. The molecule has 0 fully saturated rings.